The summed E-state index contributed by atoms with van der Waals surface area (Å²) >= 11 is 1.85. The minimum Gasteiger partial charge on any atom is -0.398 e. The van der Waals surface area contributed by atoms with E-state index in [1.165, 1.54) is 42.0 Å². The maximum absolute atomic E-state index is 9.37. The van der Waals surface area contributed by atoms with E-state index in [9.17, 15) is 5.26 Å². The third kappa shape index (κ3) is 4.92. The van der Waals surface area contributed by atoms with Crippen LogP contribution in [0.4, 0.5) is 0 Å². The van der Waals surface area contributed by atoms with Crippen molar-refractivity contribution in [2.24, 2.45) is 10.7 Å². The van der Waals surface area contributed by atoms with Crippen LogP contribution in [0.5, 0.6) is 0 Å². The Balaban J connectivity index is 1.23. The third-order valence-electron chi connectivity index (χ3n) is 8.49. The molecule has 0 saturated carbocycles. The maximum atomic E-state index is 9.37. The van der Waals surface area contributed by atoms with Gasteiger partial charge < -0.3 is 10.3 Å². The van der Waals surface area contributed by atoms with Crippen LogP contribution in [-0.4, -0.2) is 10.8 Å². The van der Waals surface area contributed by atoms with E-state index in [-0.39, 0.29) is 6.04 Å². The van der Waals surface area contributed by atoms with E-state index in [4.69, 9.17) is 10.7 Å². The smallest absolute Gasteiger partial charge is 0.0991 e. The molecular weight excluding hydrogens is 581 g/mol. The fraction of sp³-hybridized carbons (Fsp3) is 0.0244. The summed E-state index contributed by atoms with van der Waals surface area (Å²) < 4.78 is 4.97. The van der Waals surface area contributed by atoms with Crippen LogP contribution in [0.3, 0.4) is 0 Å². The Hall–Kier alpha value is -5.96. The lowest BCUT2D eigenvalue weighted by molar-refractivity contribution is 0.918. The minimum atomic E-state index is -0.302. The fourth-order valence-electron chi connectivity index (χ4n) is 6.29. The molecule has 2 aromatic heterocycles. The number of nitrogens with zero attached hydrogens (tertiary/aromatic N) is 3. The first-order chi connectivity index (χ1) is 22.7. The summed E-state index contributed by atoms with van der Waals surface area (Å²) in [5, 5.41) is 14.4. The lowest BCUT2D eigenvalue weighted by Gasteiger charge is -2.12. The number of benzene rings is 6. The van der Waals surface area contributed by atoms with E-state index in [0.29, 0.717) is 11.3 Å². The number of nitrogens with two attached hydrogens (primary N) is 1. The molecule has 0 saturated heterocycles. The van der Waals surface area contributed by atoms with Crippen LogP contribution in [0, 0.1) is 11.3 Å². The first kappa shape index (κ1) is 27.6. The van der Waals surface area contributed by atoms with Gasteiger partial charge in [0.1, 0.15) is 0 Å². The van der Waals surface area contributed by atoms with Crippen molar-refractivity contribution in [2.45, 2.75) is 6.04 Å². The number of hydrogen-bond donors (Lipinski definition) is 1. The molecule has 0 aliphatic carbocycles. The van der Waals surface area contributed by atoms with Gasteiger partial charge in [-0.05, 0) is 71.3 Å². The van der Waals surface area contributed by atoms with Gasteiger partial charge in [0.15, 0.2) is 0 Å². The standard InChI is InChI=1S/C41H28N4S/c42-25-27-10-8-14-30(20-27)36(43)24-37(29-12-2-1-3-13-29)44-26-28-11-9-15-31(21-28)45-38-18-6-4-16-32(38)34-23-41-35(22-39(34)45)33-17-5-7-19-40(33)46-41/h1-24,26,37H,43H2/b36-24-,44-26+. The van der Waals surface area contributed by atoms with E-state index in [1.807, 2.05) is 54.0 Å². The monoisotopic (exact) mass is 608 g/mol. The number of rotatable bonds is 6. The van der Waals surface area contributed by atoms with Gasteiger partial charge in [-0.2, -0.15) is 5.26 Å². The Morgan fingerprint density at radius 3 is 2.35 bits per heavy atom. The molecule has 218 valence electrons. The normalized spacial score (nSPS) is 12.8. The van der Waals surface area contributed by atoms with E-state index < -0.39 is 0 Å². The molecule has 0 aliphatic rings. The molecule has 0 fully saturated rings. The van der Waals surface area contributed by atoms with Crippen LogP contribution in [0.2, 0.25) is 0 Å². The fourth-order valence-corrected chi connectivity index (χ4v) is 7.41. The molecule has 0 spiro atoms. The molecular formula is C41H28N4S. The van der Waals surface area contributed by atoms with Crippen molar-refractivity contribution < 1.29 is 0 Å². The molecule has 2 heterocycles. The summed E-state index contributed by atoms with van der Waals surface area (Å²) in [6.07, 6.45) is 3.88. The van der Waals surface area contributed by atoms with Crippen LogP contribution in [-0.2, 0) is 0 Å². The van der Waals surface area contributed by atoms with Crippen LogP contribution in [0.1, 0.15) is 28.3 Å². The molecule has 0 amide bonds. The van der Waals surface area contributed by atoms with E-state index in [0.717, 1.165) is 22.4 Å². The van der Waals surface area contributed by atoms with Crippen molar-refractivity contribution in [3.8, 4) is 11.8 Å². The first-order valence-electron chi connectivity index (χ1n) is 15.2. The van der Waals surface area contributed by atoms with Gasteiger partial charge in [-0.15, -0.1) is 11.3 Å². The van der Waals surface area contributed by atoms with Crippen molar-refractivity contribution in [2.75, 3.05) is 0 Å². The summed E-state index contributed by atoms with van der Waals surface area (Å²) in [5.74, 6) is 0. The topological polar surface area (TPSA) is 67.1 Å². The zero-order valence-electron chi connectivity index (χ0n) is 24.8. The van der Waals surface area contributed by atoms with Crippen LogP contribution < -0.4 is 5.73 Å². The second kappa shape index (κ2) is 11.5. The molecule has 0 aliphatic heterocycles. The number of hydrogen-bond acceptors (Lipinski definition) is 4. The molecule has 8 rings (SSSR count). The van der Waals surface area contributed by atoms with Crippen LogP contribution >= 0.6 is 11.3 Å². The van der Waals surface area contributed by atoms with Gasteiger partial charge in [0.2, 0.25) is 0 Å². The summed E-state index contributed by atoms with van der Waals surface area (Å²) in [4.78, 5) is 5.03. The summed E-state index contributed by atoms with van der Waals surface area (Å²) in [6, 6.07) is 49.9. The van der Waals surface area contributed by atoms with Gasteiger partial charge in [0, 0.05) is 48.5 Å². The van der Waals surface area contributed by atoms with Gasteiger partial charge in [-0.1, -0.05) is 91.0 Å². The first-order valence-corrected chi connectivity index (χ1v) is 16.0. The van der Waals surface area contributed by atoms with Crippen molar-refractivity contribution >= 4 is 65.2 Å². The largest absolute Gasteiger partial charge is 0.398 e. The second-order valence-corrected chi connectivity index (χ2v) is 12.4. The van der Waals surface area contributed by atoms with E-state index in [2.05, 4.69) is 108 Å². The Morgan fingerprint density at radius 2 is 1.48 bits per heavy atom. The summed E-state index contributed by atoms with van der Waals surface area (Å²) in [5.41, 5.74) is 14.0. The summed E-state index contributed by atoms with van der Waals surface area (Å²) in [6.45, 7) is 0. The van der Waals surface area contributed by atoms with Crippen LogP contribution in [0.25, 0.3) is 53.4 Å². The highest BCUT2D eigenvalue weighted by Crippen LogP contribution is 2.40. The zero-order chi connectivity index (χ0) is 31.0. The Labute approximate surface area is 270 Å². The lowest BCUT2D eigenvalue weighted by Crippen LogP contribution is -2.02. The van der Waals surface area contributed by atoms with E-state index >= 15 is 0 Å². The highest BCUT2D eigenvalue weighted by Gasteiger charge is 2.16. The third-order valence-corrected chi connectivity index (χ3v) is 9.62. The maximum Gasteiger partial charge on any atom is 0.0991 e. The average Bonchev–Trinajstić information content (AvgIpc) is 3.64. The molecule has 5 heteroatoms. The average molecular weight is 609 g/mol. The van der Waals surface area contributed by atoms with Gasteiger partial charge in [-0.25, -0.2) is 0 Å². The van der Waals surface area contributed by atoms with E-state index in [1.54, 1.807) is 12.1 Å². The molecule has 8 aromatic rings. The van der Waals surface area contributed by atoms with Gasteiger partial charge >= 0.3 is 0 Å². The molecule has 4 nitrogen and oxygen atoms in total. The quantitative estimate of drug-likeness (QED) is 0.191. The lowest BCUT2D eigenvalue weighted by atomic mass is 10.0. The predicted octanol–water partition coefficient (Wildman–Crippen LogP) is 10.2. The van der Waals surface area contributed by atoms with Gasteiger partial charge in [0.05, 0.1) is 28.7 Å². The van der Waals surface area contributed by atoms with Crippen molar-refractivity contribution in [3.05, 3.63) is 168 Å². The predicted molar refractivity (Wildman–Crippen MR) is 194 cm³/mol. The molecule has 0 bridgehead atoms. The SMILES string of the molecule is N#Cc1cccc(/C(N)=C/C(/N=C/c2cccc(-n3c4ccccc4c4cc5sc6ccccc6c5cc43)c2)c2ccccc2)c1. The van der Waals surface area contributed by atoms with Crippen molar-refractivity contribution in [1.82, 2.24) is 4.57 Å². The highest BCUT2D eigenvalue weighted by molar-refractivity contribution is 7.25. The van der Waals surface area contributed by atoms with Gasteiger partial charge in [-0.3, -0.25) is 4.99 Å². The minimum absolute atomic E-state index is 0.302. The Morgan fingerprint density at radius 1 is 0.696 bits per heavy atom. The second-order valence-electron chi connectivity index (χ2n) is 11.4. The Bertz CT molecular complexity index is 2510. The van der Waals surface area contributed by atoms with Crippen molar-refractivity contribution in [3.63, 3.8) is 0 Å². The number of fused-ring (bicyclic) bond motifs is 6. The van der Waals surface area contributed by atoms with Gasteiger partial charge in [0.25, 0.3) is 0 Å². The molecule has 1 atom stereocenters. The molecule has 6 aromatic carbocycles. The highest BCUT2D eigenvalue weighted by atomic mass is 32.1. The number of nitriles is 1. The van der Waals surface area contributed by atoms with Crippen LogP contribution in [0.15, 0.2) is 151 Å². The molecule has 0 radical (unpaired) electrons. The number of thiophene rings is 1. The summed E-state index contributed by atoms with van der Waals surface area (Å²) in [7, 11) is 0. The van der Waals surface area contributed by atoms with Crippen molar-refractivity contribution in [1.29, 1.82) is 5.26 Å². The molecule has 2 N–H and O–H groups in total. The molecule has 46 heavy (non-hydrogen) atoms. The Kier molecular flexibility index (Phi) is 6.90. The zero-order valence-corrected chi connectivity index (χ0v) is 25.7. The number of aromatic nitrogens is 1. The number of aliphatic imine (C=N–C) groups is 1. The molecule has 1 unspecified atom stereocenters. The number of para-hydroxylation sites is 1.